The van der Waals surface area contributed by atoms with E-state index in [1.165, 1.54) is 0 Å². The minimum atomic E-state index is -2.03. The van der Waals surface area contributed by atoms with Crippen LogP contribution in [-0.4, -0.2) is 123 Å². The second-order valence-corrected chi connectivity index (χ2v) is 12.8. The summed E-state index contributed by atoms with van der Waals surface area (Å²) in [4.78, 5) is 0. The number of ether oxygens (including phenoxy) is 2. The topological polar surface area (TPSA) is 78.5 Å². The summed E-state index contributed by atoms with van der Waals surface area (Å²) < 4.78 is 29.2. The Hall–Kier alpha value is -0.0917. The average molecular weight is 799 g/mol. The molecule has 12 nitrogen and oxygen atoms in total. The molecule has 21 heteroatoms. The molecule has 0 N–H and O–H groups in total. The molecule has 0 amide bonds. The third-order valence-electron chi connectivity index (χ3n) is 5.63. The van der Waals surface area contributed by atoms with Gasteiger partial charge in [0.15, 0.2) is 8.64 Å². The van der Waals surface area contributed by atoms with Crippen LogP contribution in [0.3, 0.4) is 0 Å². The number of rotatable bonds is 4. The summed E-state index contributed by atoms with van der Waals surface area (Å²) in [6.07, 6.45) is 9.98. The minimum absolute atomic E-state index is 0.314. The first-order valence-electron chi connectivity index (χ1n) is 12.2. The fraction of sp³-hybridized carbons (Fsp3) is 0.600. The number of hydrazine groups is 6. The van der Waals surface area contributed by atoms with Crippen LogP contribution in [0.4, 0.5) is 0 Å². The van der Waals surface area contributed by atoms with Crippen molar-refractivity contribution < 1.29 is 34.8 Å². The molecule has 0 aromatic carbocycles. The quantitative estimate of drug-likeness (QED) is 0.142. The molecular weight excluding hydrogens is 769 g/mol. The fourth-order valence-corrected chi connectivity index (χ4v) is 5.52. The molecule has 4 rings (SSSR count). The average Bonchev–Trinajstić information content (AvgIpc) is 3.66. The molecule has 0 saturated carbocycles. The van der Waals surface area contributed by atoms with Crippen LogP contribution in [0, 0.1) is 0 Å². The Morgan fingerprint density at radius 2 is 0.976 bits per heavy atom. The van der Waals surface area contributed by atoms with Crippen LogP contribution in [0.2, 0.25) is 0 Å². The van der Waals surface area contributed by atoms with E-state index in [2.05, 4.69) is 37.4 Å². The van der Waals surface area contributed by atoms with Gasteiger partial charge in [-0.05, 0) is 45.9 Å². The second kappa shape index (κ2) is 20.0. The summed E-state index contributed by atoms with van der Waals surface area (Å²) in [5.41, 5.74) is 0. The number of hydrogen-bond donors (Lipinski definition) is 2. The molecule has 0 aromatic heterocycles. The van der Waals surface area contributed by atoms with Gasteiger partial charge in [0, 0.05) is 51.7 Å². The van der Waals surface area contributed by atoms with Crippen LogP contribution in [-0.2, 0) is 60.0 Å². The van der Waals surface area contributed by atoms with Crippen molar-refractivity contribution in [3.8, 4) is 0 Å². The van der Waals surface area contributed by atoms with Crippen molar-refractivity contribution >= 4 is 117 Å². The Morgan fingerprint density at radius 3 is 1.20 bits per heavy atom. The van der Waals surface area contributed by atoms with Crippen LogP contribution in [0.25, 0.3) is 0 Å². The number of hydrogen-bond acceptors (Lipinski definition) is 14. The molecule has 2 fully saturated rings. The maximum atomic E-state index is 8.50. The van der Waals surface area contributed by atoms with Crippen LogP contribution in [0.1, 0.15) is 12.8 Å². The zero-order chi connectivity index (χ0) is 30.4. The van der Waals surface area contributed by atoms with Gasteiger partial charge >= 0.3 is 25.3 Å². The molecule has 41 heavy (non-hydrogen) atoms. The third kappa shape index (κ3) is 11.7. The van der Waals surface area contributed by atoms with Gasteiger partial charge in [0.25, 0.3) is 0 Å². The molecule has 4 heterocycles. The van der Waals surface area contributed by atoms with E-state index >= 15 is 0 Å². The molecule has 4 aliphatic heterocycles. The standard InChI is InChI=1S/2C10H16N4OS4.Mo.2O/c2*16-9(17)13(11-3-1-2-4-11)14(10(18)19)12-5-7-15-8-6-12;;;/h2*1,3H,2,4-8H2,(H,16,17)(H,18,19);;;/q;;+2;;/p-2. The van der Waals surface area contributed by atoms with Gasteiger partial charge < -0.3 is 59.2 Å². The fourth-order valence-electron chi connectivity index (χ4n) is 3.98. The van der Waals surface area contributed by atoms with Crippen molar-refractivity contribution in [2.24, 2.45) is 0 Å². The summed E-state index contributed by atoms with van der Waals surface area (Å²) in [7, 11) is 0. The number of thiocarbonyl (C=S) groups is 4. The summed E-state index contributed by atoms with van der Waals surface area (Å²) in [5, 5.41) is 14.9. The van der Waals surface area contributed by atoms with Gasteiger partial charge in [-0.3, -0.25) is 10.0 Å². The third-order valence-corrected chi connectivity index (χ3v) is 6.97. The zero-order valence-electron chi connectivity index (χ0n) is 21.8. The van der Waals surface area contributed by atoms with Crippen molar-refractivity contribution in [2.45, 2.75) is 12.8 Å². The van der Waals surface area contributed by atoms with Gasteiger partial charge in [-0.2, -0.15) is 30.5 Å². The molecule has 0 radical (unpaired) electrons. The summed E-state index contributed by atoms with van der Waals surface area (Å²) >= 11 is 37.8. The van der Waals surface area contributed by atoms with E-state index in [1.54, 1.807) is 20.5 Å². The van der Waals surface area contributed by atoms with E-state index in [9.17, 15) is 0 Å². The van der Waals surface area contributed by atoms with E-state index in [0.29, 0.717) is 43.7 Å². The molecule has 228 valence electrons. The first-order chi connectivity index (χ1) is 19.6. The van der Waals surface area contributed by atoms with Crippen LogP contribution >= 0.6 is 74.1 Å². The second-order valence-electron chi connectivity index (χ2n) is 8.13. The van der Waals surface area contributed by atoms with Crippen molar-refractivity contribution in [1.29, 1.82) is 0 Å². The van der Waals surface area contributed by atoms with Crippen LogP contribution in [0.5, 0.6) is 0 Å². The molecule has 0 spiro atoms. The van der Waals surface area contributed by atoms with E-state index < -0.39 is 18.5 Å². The Balaban J connectivity index is 0.000000262. The van der Waals surface area contributed by atoms with Crippen molar-refractivity contribution in [2.75, 3.05) is 65.7 Å². The van der Waals surface area contributed by atoms with Gasteiger partial charge in [-0.1, -0.05) is 12.2 Å². The number of nitrogens with zero attached hydrogens (tertiary/aromatic N) is 8. The Labute approximate surface area is 292 Å². The molecule has 0 aromatic rings. The summed E-state index contributed by atoms with van der Waals surface area (Å²) in [6.45, 7) is 7.18. The van der Waals surface area contributed by atoms with Gasteiger partial charge in [-0.15, -0.1) is 25.3 Å². The summed E-state index contributed by atoms with van der Waals surface area (Å²) in [5.74, 6) is 0. The molecule has 4 aliphatic rings. The predicted molar refractivity (Wildman–Crippen MR) is 178 cm³/mol. The van der Waals surface area contributed by atoms with E-state index in [1.807, 2.05) is 32.4 Å². The zero-order valence-corrected chi connectivity index (χ0v) is 30.5. The summed E-state index contributed by atoms with van der Waals surface area (Å²) in [6, 6.07) is 0. The SMILES string of the molecule is S=C([S-])N(N1C=CCC1)N(C(=S)S)N1CCOCC1.S=C([S-])N(N1C=CCC1)N(C(=S)S)N1CCOCC1.[O]=[Mo+2]=[O]. The first kappa shape index (κ1) is 37.1. The Kier molecular flexibility index (Phi) is 18.1. The van der Waals surface area contributed by atoms with E-state index in [-0.39, 0.29) is 0 Å². The van der Waals surface area contributed by atoms with Gasteiger partial charge in [-0.25, -0.2) is 0 Å². The van der Waals surface area contributed by atoms with Crippen LogP contribution in [0.15, 0.2) is 24.6 Å². The molecule has 0 bridgehead atoms. The Bertz CT molecular complexity index is 940. The predicted octanol–water partition coefficient (Wildman–Crippen LogP) is 1.63. The van der Waals surface area contributed by atoms with Crippen LogP contribution < -0.4 is 0 Å². The van der Waals surface area contributed by atoms with E-state index in [4.69, 9.17) is 90.4 Å². The maximum absolute atomic E-state index is 8.50. The van der Waals surface area contributed by atoms with E-state index in [0.717, 1.165) is 52.1 Å². The number of morpholine rings is 2. The number of thiol groups is 2. The van der Waals surface area contributed by atoms with Crippen molar-refractivity contribution in [3.05, 3.63) is 24.6 Å². The van der Waals surface area contributed by atoms with Gasteiger partial charge in [0.1, 0.15) is 0 Å². The first-order valence-corrected chi connectivity index (χ1v) is 17.1. The molecular formula is C20H30MoN8O4S8. The van der Waals surface area contributed by atoms with Crippen molar-refractivity contribution in [1.82, 2.24) is 40.5 Å². The monoisotopic (exact) mass is 800 g/mol. The molecule has 2 saturated heterocycles. The van der Waals surface area contributed by atoms with Gasteiger partial charge in [0.05, 0.1) is 26.4 Å². The normalized spacial score (nSPS) is 18.3. The molecule has 0 atom stereocenters. The Morgan fingerprint density at radius 1 is 0.659 bits per heavy atom. The molecule has 0 aliphatic carbocycles. The molecule has 0 unspecified atom stereocenters. The van der Waals surface area contributed by atoms with Gasteiger partial charge in [0.2, 0.25) is 0 Å². The van der Waals surface area contributed by atoms with Crippen molar-refractivity contribution in [3.63, 3.8) is 0 Å².